The Labute approximate surface area is 123 Å². The fourth-order valence-electron chi connectivity index (χ4n) is 2.07. The van der Waals surface area contributed by atoms with Crippen LogP contribution in [0, 0.1) is 0 Å². The van der Waals surface area contributed by atoms with Crippen LogP contribution in [0.5, 0.6) is 0 Å². The SMILES string of the molecule is CC(C)(CNC(=O)C1(N)CC1)c1c(Cl)cccc1Cl. The predicted molar refractivity (Wildman–Crippen MR) is 78.7 cm³/mol. The van der Waals surface area contributed by atoms with Gasteiger partial charge in [-0.3, -0.25) is 4.79 Å². The molecule has 1 aromatic carbocycles. The second-order valence-corrected chi connectivity index (χ2v) is 6.63. The van der Waals surface area contributed by atoms with Gasteiger partial charge in [-0.2, -0.15) is 0 Å². The highest BCUT2D eigenvalue weighted by Gasteiger charge is 2.46. The molecule has 0 heterocycles. The van der Waals surface area contributed by atoms with E-state index in [4.69, 9.17) is 28.9 Å². The van der Waals surface area contributed by atoms with Crippen LogP contribution in [0.15, 0.2) is 18.2 Å². The maximum Gasteiger partial charge on any atom is 0.240 e. The van der Waals surface area contributed by atoms with Gasteiger partial charge >= 0.3 is 0 Å². The summed E-state index contributed by atoms with van der Waals surface area (Å²) in [5.74, 6) is -0.0937. The Kier molecular flexibility index (Phi) is 3.83. The Balaban J connectivity index is 2.11. The van der Waals surface area contributed by atoms with Gasteiger partial charge in [0.15, 0.2) is 0 Å². The molecule has 19 heavy (non-hydrogen) atoms. The first kappa shape index (κ1) is 14.6. The monoisotopic (exact) mass is 300 g/mol. The summed E-state index contributed by atoms with van der Waals surface area (Å²) in [6, 6.07) is 5.41. The summed E-state index contributed by atoms with van der Waals surface area (Å²) in [6.07, 6.45) is 1.51. The van der Waals surface area contributed by atoms with E-state index in [9.17, 15) is 4.79 Å². The van der Waals surface area contributed by atoms with E-state index in [0.717, 1.165) is 18.4 Å². The minimum absolute atomic E-state index is 0.0937. The van der Waals surface area contributed by atoms with Crippen LogP contribution in [0.3, 0.4) is 0 Å². The van der Waals surface area contributed by atoms with Crippen LogP contribution in [-0.4, -0.2) is 18.0 Å². The molecule has 104 valence electrons. The molecule has 0 atom stereocenters. The molecule has 1 fully saturated rings. The third kappa shape index (κ3) is 3.04. The smallest absolute Gasteiger partial charge is 0.240 e. The van der Waals surface area contributed by atoms with E-state index in [0.29, 0.717) is 16.6 Å². The van der Waals surface area contributed by atoms with Gasteiger partial charge in [0.1, 0.15) is 0 Å². The van der Waals surface area contributed by atoms with Gasteiger partial charge in [-0.25, -0.2) is 0 Å². The number of nitrogens with one attached hydrogen (secondary N) is 1. The Morgan fingerprint density at radius 2 is 1.89 bits per heavy atom. The molecule has 0 saturated heterocycles. The molecule has 0 aliphatic heterocycles. The van der Waals surface area contributed by atoms with Crippen molar-refractivity contribution in [2.75, 3.05) is 6.54 Å². The quantitative estimate of drug-likeness (QED) is 0.898. The van der Waals surface area contributed by atoms with Crippen LogP contribution >= 0.6 is 23.2 Å². The van der Waals surface area contributed by atoms with Crippen molar-refractivity contribution in [3.8, 4) is 0 Å². The number of carbonyl (C=O) groups is 1. The molecule has 0 unspecified atom stereocenters. The van der Waals surface area contributed by atoms with Crippen LogP contribution in [0.2, 0.25) is 10.0 Å². The summed E-state index contributed by atoms with van der Waals surface area (Å²) in [4.78, 5) is 11.9. The fourth-order valence-corrected chi connectivity index (χ4v) is 2.98. The molecule has 1 amide bonds. The average molecular weight is 301 g/mol. The van der Waals surface area contributed by atoms with E-state index in [-0.39, 0.29) is 11.3 Å². The molecule has 5 heteroatoms. The van der Waals surface area contributed by atoms with Gasteiger partial charge in [0.05, 0.1) is 5.54 Å². The third-order valence-electron chi connectivity index (χ3n) is 3.57. The van der Waals surface area contributed by atoms with Crippen molar-refractivity contribution in [1.29, 1.82) is 0 Å². The van der Waals surface area contributed by atoms with E-state index in [2.05, 4.69) is 5.32 Å². The molecule has 1 aromatic rings. The van der Waals surface area contributed by atoms with E-state index in [1.165, 1.54) is 0 Å². The lowest BCUT2D eigenvalue weighted by Gasteiger charge is -2.28. The van der Waals surface area contributed by atoms with E-state index >= 15 is 0 Å². The van der Waals surface area contributed by atoms with Crippen molar-refractivity contribution in [2.24, 2.45) is 5.73 Å². The van der Waals surface area contributed by atoms with Crippen molar-refractivity contribution in [2.45, 2.75) is 37.6 Å². The first-order valence-corrected chi connectivity index (χ1v) is 7.03. The van der Waals surface area contributed by atoms with Gasteiger partial charge in [0.2, 0.25) is 5.91 Å². The van der Waals surface area contributed by atoms with Crippen molar-refractivity contribution >= 4 is 29.1 Å². The van der Waals surface area contributed by atoms with E-state index in [1.54, 1.807) is 12.1 Å². The molecule has 0 radical (unpaired) electrons. The number of hydrogen-bond acceptors (Lipinski definition) is 2. The van der Waals surface area contributed by atoms with Crippen LogP contribution in [0.25, 0.3) is 0 Å². The topological polar surface area (TPSA) is 55.1 Å². The number of carbonyl (C=O) groups excluding carboxylic acids is 1. The van der Waals surface area contributed by atoms with Crippen LogP contribution in [-0.2, 0) is 10.2 Å². The highest BCUT2D eigenvalue weighted by Crippen LogP contribution is 2.36. The maximum absolute atomic E-state index is 11.9. The zero-order chi connectivity index (χ0) is 14.3. The normalized spacial score (nSPS) is 17.1. The second kappa shape index (κ2) is 4.97. The number of benzene rings is 1. The second-order valence-electron chi connectivity index (χ2n) is 5.82. The summed E-state index contributed by atoms with van der Waals surface area (Å²) < 4.78 is 0. The van der Waals surface area contributed by atoms with Gasteiger partial charge < -0.3 is 11.1 Å². The fraction of sp³-hybridized carbons (Fsp3) is 0.500. The van der Waals surface area contributed by atoms with Gasteiger partial charge in [-0.15, -0.1) is 0 Å². The summed E-state index contributed by atoms with van der Waals surface area (Å²) in [5.41, 5.74) is 5.70. The first-order valence-electron chi connectivity index (χ1n) is 6.28. The predicted octanol–water partition coefficient (Wildman–Crippen LogP) is 2.88. The third-order valence-corrected chi connectivity index (χ3v) is 4.20. The van der Waals surface area contributed by atoms with Gasteiger partial charge in [-0.1, -0.05) is 43.1 Å². The molecule has 3 nitrogen and oxygen atoms in total. The number of nitrogens with two attached hydrogens (primary N) is 1. The lowest BCUT2D eigenvalue weighted by Crippen LogP contribution is -2.46. The lowest BCUT2D eigenvalue weighted by molar-refractivity contribution is -0.123. The molecular formula is C14H18Cl2N2O. The number of amides is 1. The summed E-state index contributed by atoms with van der Waals surface area (Å²) >= 11 is 12.4. The van der Waals surface area contributed by atoms with Crippen molar-refractivity contribution in [1.82, 2.24) is 5.32 Å². The average Bonchev–Trinajstić information content (AvgIpc) is 3.05. The Morgan fingerprint density at radius 1 is 1.37 bits per heavy atom. The largest absolute Gasteiger partial charge is 0.354 e. The maximum atomic E-state index is 11.9. The molecule has 3 N–H and O–H groups in total. The Bertz CT molecular complexity index is 490. The van der Waals surface area contributed by atoms with Crippen molar-refractivity contribution in [3.05, 3.63) is 33.8 Å². The Morgan fingerprint density at radius 3 is 2.37 bits per heavy atom. The van der Waals surface area contributed by atoms with Gasteiger partial charge in [0, 0.05) is 22.0 Å². The molecule has 1 saturated carbocycles. The molecule has 0 bridgehead atoms. The highest BCUT2D eigenvalue weighted by atomic mass is 35.5. The van der Waals surface area contributed by atoms with Gasteiger partial charge in [-0.05, 0) is 30.5 Å². The molecule has 2 rings (SSSR count). The van der Waals surface area contributed by atoms with Crippen LogP contribution < -0.4 is 11.1 Å². The van der Waals surface area contributed by atoms with Crippen LogP contribution in [0.4, 0.5) is 0 Å². The number of halogens is 2. The van der Waals surface area contributed by atoms with Gasteiger partial charge in [0.25, 0.3) is 0 Å². The zero-order valence-corrected chi connectivity index (χ0v) is 12.6. The molecule has 1 aliphatic rings. The summed E-state index contributed by atoms with van der Waals surface area (Å²) in [6.45, 7) is 4.45. The van der Waals surface area contributed by atoms with Crippen molar-refractivity contribution in [3.63, 3.8) is 0 Å². The van der Waals surface area contributed by atoms with E-state index in [1.807, 2.05) is 19.9 Å². The van der Waals surface area contributed by atoms with E-state index < -0.39 is 5.54 Å². The molecule has 0 spiro atoms. The highest BCUT2D eigenvalue weighted by molar-refractivity contribution is 6.36. The molecule has 0 aromatic heterocycles. The molecule has 1 aliphatic carbocycles. The minimum atomic E-state index is -0.652. The summed E-state index contributed by atoms with van der Waals surface area (Å²) in [5, 5.41) is 4.12. The standard InChI is InChI=1S/C14H18Cl2N2O/c1-13(2,8-18-12(19)14(17)6-7-14)11-9(15)4-3-5-10(11)16/h3-5H,6-8,17H2,1-2H3,(H,18,19). The molecular weight excluding hydrogens is 283 g/mol. The lowest BCUT2D eigenvalue weighted by atomic mass is 9.84. The number of hydrogen-bond donors (Lipinski definition) is 2. The zero-order valence-electron chi connectivity index (χ0n) is 11.1. The summed E-state index contributed by atoms with van der Waals surface area (Å²) in [7, 11) is 0. The first-order chi connectivity index (χ1) is 8.76. The Hall–Kier alpha value is -0.770. The number of rotatable bonds is 4. The van der Waals surface area contributed by atoms with Crippen LogP contribution in [0.1, 0.15) is 32.3 Å². The minimum Gasteiger partial charge on any atom is -0.354 e. The van der Waals surface area contributed by atoms with Crippen molar-refractivity contribution < 1.29 is 4.79 Å².